The van der Waals surface area contributed by atoms with Crippen molar-refractivity contribution in [2.75, 3.05) is 20.1 Å². The minimum atomic E-state index is -0.160. The number of carbonyl (C=O) groups is 1. The molecule has 2 aliphatic heterocycles. The molecule has 2 rings (SSSR count). The zero-order chi connectivity index (χ0) is 8.60. The fraction of sp³-hybridized carbons (Fsp3) is 0.889. The first-order valence-electron chi connectivity index (χ1n) is 4.75. The Morgan fingerprint density at radius 2 is 2.17 bits per heavy atom. The average Bonchev–Trinajstić information content (AvgIpc) is 2.50. The van der Waals surface area contributed by atoms with Crippen molar-refractivity contribution in [2.24, 2.45) is 0 Å². The largest absolute Gasteiger partial charge is 0.344 e. The average molecular weight is 168 g/mol. The van der Waals surface area contributed by atoms with Crippen LogP contribution in [-0.2, 0) is 4.79 Å². The molecular weight excluding hydrogens is 152 g/mol. The summed E-state index contributed by atoms with van der Waals surface area (Å²) in [5.41, 5.74) is -0.160. The van der Waals surface area contributed by atoms with Crippen LogP contribution in [0.2, 0.25) is 0 Å². The van der Waals surface area contributed by atoms with Gasteiger partial charge in [0.15, 0.2) is 0 Å². The molecule has 3 nitrogen and oxygen atoms in total. The molecule has 0 aromatic rings. The fourth-order valence-corrected chi connectivity index (χ4v) is 2.39. The highest BCUT2D eigenvalue weighted by Gasteiger charge is 2.44. The second kappa shape index (κ2) is 2.73. The normalized spacial score (nSPS) is 36.4. The second-order valence-electron chi connectivity index (χ2n) is 3.94. The Bertz CT molecular complexity index is 197. The Morgan fingerprint density at radius 3 is 2.83 bits per heavy atom. The summed E-state index contributed by atoms with van der Waals surface area (Å²) in [5.74, 6) is 0.311. The van der Waals surface area contributed by atoms with E-state index in [0.717, 1.165) is 38.8 Å². The first kappa shape index (κ1) is 8.05. The molecule has 1 N–H and O–H groups in total. The minimum Gasteiger partial charge on any atom is -0.344 e. The van der Waals surface area contributed by atoms with Gasteiger partial charge in [0.05, 0.1) is 5.54 Å². The smallest absolute Gasteiger partial charge is 0.242 e. The predicted octanol–water partition coefficient (Wildman–Crippen LogP) is 0.361. The van der Waals surface area contributed by atoms with Crippen LogP contribution in [0, 0.1) is 0 Å². The molecule has 0 aromatic carbocycles. The third-order valence-corrected chi connectivity index (χ3v) is 3.10. The van der Waals surface area contributed by atoms with Gasteiger partial charge in [0.2, 0.25) is 5.91 Å². The van der Waals surface area contributed by atoms with Gasteiger partial charge < -0.3 is 10.2 Å². The highest BCUT2D eigenvalue weighted by molar-refractivity contribution is 5.87. The number of hydrogen-bond acceptors (Lipinski definition) is 2. The van der Waals surface area contributed by atoms with E-state index in [-0.39, 0.29) is 5.54 Å². The fourth-order valence-electron chi connectivity index (χ4n) is 2.39. The van der Waals surface area contributed by atoms with Gasteiger partial charge in [0.1, 0.15) is 0 Å². The quantitative estimate of drug-likeness (QED) is 0.566. The summed E-state index contributed by atoms with van der Waals surface area (Å²) < 4.78 is 0. The zero-order valence-electron chi connectivity index (χ0n) is 7.60. The topological polar surface area (TPSA) is 32.3 Å². The van der Waals surface area contributed by atoms with Crippen LogP contribution in [0.3, 0.4) is 0 Å². The van der Waals surface area contributed by atoms with Gasteiger partial charge in [-0.15, -0.1) is 0 Å². The predicted molar refractivity (Wildman–Crippen MR) is 46.8 cm³/mol. The Kier molecular flexibility index (Phi) is 1.83. The SMILES string of the molecule is CN1CCCC2(CCCN2)C1=O. The minimum absolute atomic E-state index is 0.160. The van der Waals surface area contributed by atoms with E-state index in [1.165, 1.54) is 0 Å². The maximum atomic E-state index is 11.8. The molecule has 12 heavy (non-hydrogen) atoms. The molecule has 1 spiro atoms. The number of likely N-dealkylation sites (N-methyl/N-ethyl adjacent to an activating group) is 1. The molecule has 0 saturated carbocycles. The van der Waals surface area contributed by atoms with Crippen LogP contribution >= 0.6 is 0 Å². The van der Waals surface area contributed by atoms with Crippen molar-refractivity contribution in [3.05, 3.63) is 0 Å². The molecule has 0 aromatic heterocycles. The number of likely N-dealkylation sites (tertiary alicyclic amines) is 1. The first-order valence-corrected chi connectivity index (χ1v) is 4.75. The molecule has 2 aliphatic rings. The lowest BCUT2D eigenvalue weighted by Gasteiger charge is -2.37. The number of piperidine rings is 1. The van der Waals surface area contributed by atoms with Crippen LogP contribution in [0.25, 0.3) is 0 Å². The molecule has 2 fully saturated rings. The standard InChI is InChI=1S/C9H16N2O/c1-11-7-3-5-9(8(11)12)4-2-6-10-9/h10H,2-7H2,1H3. The van der Waals surface area contributed by atoms with Gasteiger partial charge in [-0.25, -0.2) is 0 Å². The molecule has 2 saturated heterocycles. The van der Waals surface area contributed by atoms with Crippen LogP contribution in [0.15, 0.2) is 0 Å². The van der Waals surface area contributed by atoms with Crippen molar-refractivity contribution in [2.45, 2.75) is 31.2 Å². The van der Waals surface area contributed by atoms with Gasteiger partial charge in [0.25, 0.3) is 0 Å². The molecule has 0 bridgehead atoms. The lowest BCUT2D eigenvalue weighted by Crippen LogP contribution is -2.57. The third-order valence-electron chi connectivity index (χ3n) is 3.10. The van der Waals surface area contributed by atoms with E-state index in [2.05, 4.69) is 5.32 Å². The van der Waals surface area contributed by atoms with Gasteiger partial charge in [-0.05, 0) is 32.2 Å². The first-order chi connectivity index (χ1) is 5.75. The van der Waals surface area contributed by atoms with Crippen molar-refractivity contribution in [1.82, 2.24) is 10.2 Å². The van der Waals surface area contributed by atoms with Crippen LogP contribution < -0.4 is 5.32 Å². The molecule has 0 aliphatic carbocycles. The van der Waals surface area contributed by atoms with Crippen LogP contribution in [0.4, 0.5) is 0 Å². The molecule has 1 unspecified atom stereocenters. The number of carbonyl (C=O) groups excluding carboxylic acids is 1. The number of rotatable bonds is 0. The van der Waals surface area contributed by atoms with Gasteiger partial charge >= 0.3 is 0 Å². The summed E-state index contributed by atoms with van der Waals surface area (Å²) in [6.07, 6.45) is 4.38. The number of amides is 1. The van der Waals surface area contributed by atoms with Crippen molar-refractivity contribution >= 4 is 5.91 Å². The second-order valence-corrected chi connectivity index (χ2v) is 3.94. The molecule has 1 atom stereocenters. The van der Waals surface area contributed by atoms with Gasteiger partial charge in [0, 0.05) is 13.6 Å². The Hall–Kier alpha value is -0.570. The maximum Gasteiger partial charge on any atom is 0.242 e. The van der Waals surface area contributed by atoms with E-state index in [4.69, 9.17) is 0 Å². The Morgan fingerprint density at radius 1 is 1.42 bits per heavy atom. The van der Waals surface area contributed by atoms with Crippen LogP contribution in [-0.4, -0.2) is 36.5 Å². The molecule has 1 amide bonds. The maximum absolute atomic E-state index is 11.8. The summed E-state index contributed by atoms with van der Waals surface area (Å²) >= 11 is 0. The van der Waals surface area contributed by atoms with E-state index < -0.39 is 0 Å². The molecule has 3 heteroatoms. The third kappa shape index (κ3) is 1.04. The molecular formula is C9H16N2O. The van der Waals surface area contributed by atoms with Gasteiger partial charge in [-0.3, -0.25) is 4.79 Å². The molecule has 68 valence electrons. The lowest BCUT2D eigenvalue weighted by molar-refractivity contribution is -0.139. The van der Waals surface area contributed by atoms with Crippen molar-refractivity contribution in [1.29, 1.82) is 0 Å². The van der Waals surface area contributed by atoms with Crippen LogP contribution in [0.5, 0.6) is 0 Å². The van der Waals surface area contributed by atoms with Crippen molar-refractivity contribution < 1.29 is 4.79 Å². The summed E-state index contributed by atoms with van der Waals surface area (Å²) in [7, 11) is 1.91. The number of nitrogens with zero attached hydrogens (tertiary/aromatic N) is 1. The number of nitrogens with one attached hydrogen (secondary N) is 1. The molecule has 0 radical (unpaired) electrons. The number of hydrogen-bond donors (Lipinski definition) is 1. The van der Waals surface area contributed by atoms with Gasteiger partial charge in [-0.2, -0.15) is 0 Å². The van der Waals surface area contributed by atoms with Crippen molar-refractivity contribution in [3.8, 4) is 0 Å². The summed E-state index contributed by atoms with van der Waals surface area (Å²) in [4.78, 5) is 13.7. The van der Waals surface area contributed by atoms with E-state index in [1.54, 1.807) is 0 Å². The summed E-state index contributed by atoms with van der Waals surface area (Å²) in [6, 6.07) is 0. The van der Waals surface area contributed by atoms with E-state index in [0.29, 0.717) is 5.91 Å². The molecule has 2 heterocycles. The van der Waals surface area contributed by atoms with E-state index >= 15 is 0 Å². The van der Waals surface area contributed by atoms with Crippen molar-refractivity contribution in [3.63, 3.8) is 0 Å². The monoisotopic (exact) mass is 168 g/mol. The summed E-state index contributed by atoms with van der Waals surface area (Å²) in [6.45, 7) is 1.95. The van der Waals surface area contributed by atoms with E-state index in [1.807, 2.05) is 11.9 Å². The highest BCUT2D eigenvalue weighted by atomic mass is 16.2. The Balaban J connectivity index is 2.17. The van der Waals surface area contributed by atoms with Gasteiger partial charge in [-0.1, -0.05) is 0 Å². The summed E-state index contributed by atoms with van der Waals surface area (Å²) in [5, 5.41) is 3.36. The highest BCUT2D eigenvalue weighted by Crippen LogP contribution is 2.29. The lowest BCUT2D eigenvalue weighted by atomic mass is 9.87. The Labute approximate surface area is 73.1 Å². The zero-order valence-corrected chi connectivity index (χ0v) is 7.60. The van der Waals surface area contributed by atoms with E-state index in [9.17, 15) is 4.79 Å². The van der Waals surface area contributed by atoms with Crippen LogP contribution in [0.1, 0.15) is 25.7 Å².